The zero-order valence-corrected chi connectivity index (χ0v) is 10.6. The fourth-order valence-electron chi connectivity index (χ4n) is 3.07. The second-order valence-electron chi connectivity index (χ2n) is 5.14. The summed E-state index contributed by atoms with van der Waals surface area (Å²) in [5.41, 5.74) is 2.88. The Hall–Kier alpha value is -1.22. The van der Waals surface area contributed by atoms with E-state index in [1.165, 1.54) is 37.2 Å². The van der Waals surface area contributed by atoms with Crippen LogP contribution in [0.15, 0.2) is 18.2 Å². The van der Waals surface area contributed by atoms with Gasteiger partial charge in [-0.3, -0.25) is 0 Å². The van der Waals surface area contributed by atoms with Crippen molar-refractivity contribution in [1.29, 1.82) is 0 Å². The van der Waals surface area contributed by atoms with Gasteiger partial charge in [0.2, 0.25) is 0 Å². The number of benzene rings is 1. The van der Waals surface area contributed by atoms with Crippen LogP contribution in [0.25, 0.3) is 0 Å². The van der Waals surface area contributed by atoms with Crippen molar-refractivity contribution < 1.29 is 4.74 Å². The van der Waals surface area contributed by atoms with Gasteiger partial charge in [0.1, 0.15) is 5.75 Å². The Morgan fingerprint density at radius 1 is 1.29 bits per heavy atom. The molecule has 0 saturated carbocycles. The van der Waals surface area contributed by atoms with Crippen molar-refractivity contribution in [3.05, 3.63) is 23.8 Å². The molecule has 0 radical (unpaired) electrons. The molecule has 1 saturated heterocycles. The van der Waals surface area contributed by atoms with Crippen LogP contribution < -0.4 is 9.64 Å². The van der Waals surface area contributed by atoms with E-state index in [9.17, 15) is 0 Å². The van der Waals surface area contributed by atoms with E-state index >= 15 is 0 Å². The molecule has 0 aromatic heterocycles. The lowest BCUT2D eigenvalue weighted by Gasteiger charge is -2.45. The molecule has 0 aliphatic carbocycles. The summed E-state index contributed by atoms with van der Waals surface area (Å²) in [5.74, 6) is 0.983. The Morgan fingerprint density at radius 2 is 2.18 bits per heavy atom. The lowest BCUT2D eigenvalue weighted by molar-refractivity contribution is 0.256. The number of fused-ring (bicyclic) bond motifs is 3. The molecule has 1 fully saturated rings. The lowest BCUT2D eigenvalue weighted by atomic mass is 9.94. The third kappa shape index (κ3) is 1.89. The van der Waals surface area contributed by atoms with E-state index in [0.717, 1.165) is 12.3 Å². The average molecular weight is 232 g/mol. The van der Waals surface area contributed by atoms with E-state index < -0.39 is 0 Å². The Balaban J connectivity index is 1.91. The number of anilines is 1. The summed E-state index contributed by atoms with van der Waals surface area (Å²) in [6.45, 7) is 3.52. The molecular weight excluding hydrogens is 212 g/mol. The molecule has 1 unspecified atom stereocenters. The van der Waals surface area contributed by atoms with Crippen molar-refractivity contribution >= 4 is 5.69 Å². The van der Waals surface area contributed by atoms with Crippen LogP contribution in [-0.2, 0) is 6.42 Å². The van der Waals surface area contributed by atoms with Gasteiger partial charge in [-0.2, -0.15) is 0 Å². The summed E-state index contributed by atoms with van der Waals surface area (Å²) in [5, 5.41) is 0. The predicted molar refractivity (Wildman–Crippen MR) is 69.9 cm³/mol. The quantitative estimate of drug-likeness (QED) is 0.734. The smallest absolute Gasteiger partial charge is 0.119 e. The van der Waals surface area contributed by atoms with Crippen LogP contribution in [-0.4, -0.2) is 44.7 Å². The monoisotopic (exact) mass is 232 g/mol. The molecule has 2 heterocycles. The molecule has 0 bridgehead atoms. The minimum atomic E-state index is 0.703. The molecule has 92 valence electrons. The second kappa shape index (κ2) is 4.22. The van der Waals surface area contributed by atoms with Crippen molar-refractivity contribution in [3.63, 3.8) is 0 Å². The van der Waals surface area contributed by atoms with Crippen LogP contribution in [0.1, 0.15) is 12.0 Å². The summed E-state index contributed by atoms with van der Waals surface area (Å²) in [7, 11) is 3.96. The van der Waals surface area contributed by atoms with Crippen molar-refractivity contribution in [2.45, 2.75) is 18.9 Å². The first-order chi connectivity index (χ1) is 8.28. The second-order valence-corrected chi connectivity index (χ2v) is 5.14. The van der Waals surface area contributed by atoms with Crippen LogP contribution in [0.3, 0.4) is 0 Å². The minimum absolute atomic E-state index is 0.703. The fraction of sp³-hybridized carbons (Fsp3) is 0.571. The molecule has 3 nitrogen and oxygen atoms in total. The first-order valence-corrected chi connectivity index (χ1v) is 6.40. The molecule has 2 aliphatic rings. The summed E-state index contributed by atoms with van der Waals surface area (Å²) in [4.78, 5) is 5.02. The predicted octanol–water partition coefficient (Wildman–Crippen LogP) is 1.76. The largest absolute Gasteiger partial charge is 0.497 e. The van der Waals surface area contributed by atoms with Gasteiger partial charge < -0.3 is 14.5 Å². The fourth-order valence-corrected chi connectivity index (χ4v) is 3.07. The molecule has 1 aromatic carbocycles. The van der Waals surface area contributed by atoms with Gasteiger partial charge in [-0.15, -0.1) is 0 Å². The van der Waals surface area contributed by atoms with Gasteiger partial charge in [-0.25, -0.2) is 0 Å². The zero-order valence-electron chi connectivity index (χ0n) is 10.6. The number of ether oxygens (including phenoxy) is 1. The van der Waals surface area contributed by atoms with Crippen molar-refractivity contribution in [1.82, 2.24) is 4.90 Å². The third-order valence-electron chi connectivity index (χ3n) is 4.03. The number of likely N-dealkylation sites (N-methyl/N-ethyl adjacent to an activating group) is 1. The van der Waals surface area contributed by atoms with Gasteiger partial charge >= 0.3 is 0 Å². The molecule has 0 N–H and O–H groups in total. The third-order valence-corrected chi connectivity index (χ3v) is 4.03. The van der Waals surface area contributed by atoms with Crippen LogP contribution in [0.4, 0.5) is 5.69 Å². The summed E-state index contributed by atoms with van der Waals surface area (Å²) in [6.07, 6.45) is 2.45. The highest BCUT2D eigenvalue weighted by atomic mass is 16.5. The maximum absolute atomic E-state index is 5.31. The highest BCUT2D eigenvalue weighted by molar-refractivity contribution is 5.59. The lowest BCUT2D eigenvalue weighted by Crippen LogP contribution is -2.53. The first kappa shape index (κ1) is 10.9. The molecule has 2 aliphatic heterocycles. The van der Waals surface area contributed by atoms with Crippen LogP contribution in [0.5, 0.6) is 5.75 Å². The van der Waals surface area contributed by atoms with E-state index in [1.54, 1.807) is 7.11 Å². The number of hydrogen-bond donors (Lipinski definition) is 0. The maximum atomic E-state index is 5.31. The van der Waals surface area contributed by atoms with Gasteiger partial charge in [-0.05, 0) is 43.7 Å². The molecular formula is C14H20N2O. The topological polar surface area (TPSA) is 15.7 Å². The van der Waals surface area contributed by atoms with E-state index in [0.29, 0.717) is 6.04 Å². The number of methoxy groups -OCH3 is 1. The highest BCUT2D eigenvalue weighted by Gasteiger charge is 2.30. The molecule has 0 amide bonds. The Kier molecular flexibility index (Phi) is 2.71. The standard InChI is InChI=1S/C14H20N2O/c1-15-7-8-16-12(10-15)4-3-11-9-13(17-2)5-6-14(11)16/h5-6,9,12H,3-4,7-8,10H2,1-2H3. The number of aryl methyl sites for hydroxylation is 1. The van der Waals surface area contributed by atoms with Crippen LogP contribution in [0.2, 0.25) is 0 Å². The molecule has 3 rings (SSSR count). The van der Waals surface area contributed by atoms with Crippen molar-refractivity contribution in [3.8, 4) is 5.75 Å². The first-order valence-electron chi connectivity index (χ1n) is 6.40. The Labute approximate surface area is 103 Å². The zero-order chi connectivity index (χ0) is 11.8. The van der Waals surface area contributed by atoms with Gasteiger partial charge in [-0.1, -0.05) is 0 Å². The van der Waals surface area contributed by atoms with Crippen molar-refractivity contribution in [2.75, 3.05) is 38.7 Å². The van der Waals surface area contributed by atoms with Gasteiger partial charge in [0.05, 0.1) is 7.11 Å². The number of rotatable bonds is 1. The summed E-state index contributed by atoms with van der Waals surface area (Å²) in [6, 6.07) is 7.21. The molecule has 1 aromatic rings. The minimum Gasteiger partial charge on any atom is -0.497 e. The maximum Gasteiger partial charge on any atom is 0.119 e. The Bertz CT molecular complexity index is 419. The van der Waals surface area contributed by atoms with E-state index in [1.807, 2.05) is 0 Å². The molecule has 1 atom stereocenters. The van der Waals surface area contributed by atoms with Crippen molar-refractivity contribution in [2.24, 2.45) is 0 Å². The Morgan fingerprint density at radius 3 is 3.00 bits per heavy atom. The van der Waals surface area contributed by atoms with Gasteiger partial charge in [0.25, 0.3) is 0 Å². The highest BCUT2D eigenvalue weighted by Crippen LogP contribution is 2.34. The number of piperazine rings is 1. The molecule has 3 heteroatoms. The summed E-state index contributed by atoms with van der Waals surface area (Å²) >= 11 is 0. The van der Waals surface area contributed by atoms with E-state index in [2.05, 4.69) is 35.0 Å². The van der Waals surface area contributed by atoms with E-state index in [-0.39, 0.29) is 0 Å². The normalized spacial score (nSPS) is 24.1. The SMILES string of the molecule is COc1ccc2c(c1)CCC1CN(C)CCN21. The number of nitrogens with zero attached hydrogens (tertiary/aromatic N) is 2. The van der Waals surface area contributed by atoms with Gasteiger partial charge in [0.15, 0.2) is 0 Å². The number of hydrogen-bond acceptors (Lipinski definition) is 3. The van der Waals surface area contributed by atoms with Gasteiger partial charge in [0, 0.05) is 31.4 Å². The summed E-state index contributed by atoms with van der Waals surface area (Å²) < 4.78 is 5.31. The average Bonchev–Trinajstić information content (AvgIpc) is 2.37. The van der Waals surface area contributed by atoms with Crippen LogP contribution in [0, 0.1) is 0 Å². The molecule has 17 heavy (non-hydrogen) atoms. The molecule has 0 spiro atoms. The van der Waals surface area contributed by atoms with Crippen LogP contribution >= 0.6 is 0 Å². The van der Waals surface area contributed by atoms with E-state index in [4.69, 9.17) is 4.74 Å².